The van der Waals surface area contributed by atoms with Gasteiger partial charge in [0.2, 0.25) is 0 Å². The van der Waals surface area contributed by atoms with E-state index < -0.39 is 0 Å². The number of nitrogens with zero attached hydrogens (tertiary/aromatic N) is 2. The molecule has 0 aromatic heterocycles. The fraction of sp³-hybridized carbons (Fsp3) is 0.316. The molecule has 0 aliphatic carbocycles. The van der Waals surface area contributed by atoms with Gasteiger partial charge in [0.05, 0.1) is 10.6 Å². The number of halogens is 1. The average molecular weight is 326 g/mol. The smallest absolute Gasteiger partial charge is 0.101 e. The van der Waals surface area contributed by atoms with E-state index in [-0.39, 0.29) is 0 Å². The molecule has 118 valence electrons. The first-order valence-electron chi connectivity index (χ1n) is 7.89. The summed E-state index contributed by atoms with van der Waals surface area (Å²) in [7, 11) is 0. The van der Waals surface area contributed by atoms with Crippen LogP contribution in [0.1, 0.15) is 23.1 Å². The molecule has 1 aliphatic rings. The van der Waals surface area contributed by atoms with Crippen LogP contribution >= 0.6 is 11.6 Å². The molecular formula is C19H20ClN3. The quantitative estimate of drug-likeness (QED) is 0.915. The van der Waals surface area contributed by atoms with Crippen molar-refractivity contribution in [2.24, 2.45) is 0 Å². The second-order valence-electron chi connectivity index (χ2n) is 6.10. The molecule has 3 rings (SSSR count). The zero-order valence-electron chi connectivity index (χ0n) is 13.2. The lowest BCUT2D eigenvalue weighted by atomic mass is 10.1. The number of hydrogen-bond donors (Lipinski definition) is 1. The highest BCUT2D eigenvalue weighted by atomic mass is 35.5. The van der Waals surface area contributed by atoms with Crippen molar-refractivity contribution in [3.63, 3.8) is 0 Å². The van der Waals surface area contributed by atoms with E-state index in [9.17, 15) is 0 Å². The Morgan fingerprint density at radius 2 is 2.13 bits per heavy atom. The highest BCUT2D eigenvalue weighted by Crippen LogP contribution is 2.23. The zero-order chi connectivity index (χ0) is 16.2. The van der Waals surface area contributed by atoms with E-state index in [4.69, 9.17) is 16.9 Å². The van der Waals surface area contributed by atoms with Crippen molar-refractivity contribution in [3.8, 4) is 6.07 Å². The highest BCUT2D eigenvalue weighted by molar-refractivity contribution is 6.32. The highest BCUT2D eigenvalue weighted by Gasteiger charge is 2.22. The summed E-state index contributed by atoms with van der Waals surface area (Å²) in [6.07, 6.45) is 1.11. The maximum absolute atomic E-state index is 8.93. The molecule has 1 aliphatic heterocycles. The number of nitrogens with one attached hydrogen (secondary N) is 1. The third-order valence-electron chi connectivity index (χ3n) is 4.39. The van der Waals surface area contributed by atoms with E-state index in [2.05, 4.69) is 47.5 Å². The molecule has 1 fully saturated rings. The van der Waals surface area contributed by atoms with Gasteiger partial charge in [-0.15, -0.1) is 0 Å². The lowest BCUT2D eigenvalue weighted by Gasteiger charge is -2.18. The predicted molar refractivity (Wildman–Crippen MR) is 94.7 cm³/mol. The Bertz CT molecular complexity index is 736. The van der Waals surface area contributed by atoms with E-state index >= 15 is 0 Å². The van der Waals surface area contributed by atoms with Crippen LogP contribution in [0.15, 0.2) is 42.5 Å². The Morgan fingerprint density at radius 1 is 1.30 bits per heavy atom. The fourth-order valence-corrected chi connectivity index (χ4v) is 3.28. The van der Waals surface area contributed by atoms with Crippen LogP contribution in [0.4, 0.5) is 5.69 Å². The lowest BCUT2D eigenvalue weighted by molar-refractivity contribution is 0.328. The molecule has 0 radical (unpaired) electrons. The van der Waals surface area contributed by atoms with Crippen molar-refractivity contribution in [2.75, 3.05) is 18.4 Å². The summed E-state index contributed by atoms with van der Waals surface area (Å²) in [6, 6.07) is 16.6. The summed E-state index contributed by atoms with van der Waals surface area (Å²) in [5.74, 6) is 0. The number of hydrogen-bond acceptors (Lipinski definition) is 3. The molecule has 0 spiro atoms. The first-order valence-corrected chi connectivity index (χ1v) is 8.26. The first-order chi connectivity index (χ1) is 11.2. The monoisotopic (exact) mass is 325 g/mol. The standard InChI is InChI=1S/C19H20ClN3/c1-14-4-2-3-5-16(14)12-23-9-8-18(13-23)22-17-7-6-15(11-21)19(20)10-17/h2-7,10,18,22H,8-9,12-13H2,1H3/t18-/m0/s1. The van der Waals surface area contributed by atoms with Crippen LogP contribution < -0.4 is 5.32 Å². The minimum atomic E-state index is 0.419. The Labute approximate surface area is 142 Å². The molecule has 0 saturated carbocycles. The largest absolute Gasteiger partial charge is 0.381 e. The van der Waals surface area contributed by atoms with E-state index in [1.807, 2.05) is 12.1 Å². The van der Waals surface area contributed by atoms with Crippen LogP contribution in [0.5, 0.6) is 0 Å². The average Bonchev–Trinajstić information content (AvgIpc) is 2.97. The Kier molecular flexibility index (Phi) is 4.85. The summed E-state index contributed by atoms with van der Waals surface area (Å²) < 4.78 is 0. The minimum Gasteiger partial charge on any atom is -0.381 e. The van der Waals surface area contributed by atoms with Crippen LogP contribution in [-0.2, 0) is 6.54 Å². The van der Waals surface area contributed by atoms with Crippen molar-refractivity contribution in [1.29, 1.82) is 5.26 Å². The molecule has 2 aromatic carbocycles. The zero-order valence-corrected chi connectivity index (χ0v) is 14.0. The molecule has 0 unspecified atom stereocenters. The normalized spacial score (nSPS) is 17.9. The Balaban J connectivity index is 1.59. The van der Waals surface area contributed by atoms with E-state index in [1.54, 1.807) is 6.07 Å². The molecule has 3 nitrogen and oxygen atoms in total. The number of benzene rings is 2. The van der Waals surface area contributed by atoms with Gasteiger partial charge in [-0.1, -0.05) is 35.9 Å². The second-order valence-corrected chi connectivity index (χ2v) is 6.51. The van der Waals surface area contributed by atoms with Crippen molar-refractivity contribution in [1.82, 2.24) is 4.90 Å². The van der Waals surface area contributed by atoms with Gasteiger partial charge in [-0.25, -0.2) is 0 Å². The van der Waals surface area contributed by atoms with Gasteiger partial charge < -0.3 is 5.32 Å². The molecule has 0 amide bonds. The summed E-state index contributed by atoms with van der Waals surface area (Å²) in [6.45, 7) is 5.28. The maximum atomic E-state index is 8.93. The van der Waals surface area contributed by atoms with Crippen LogP contribution in [0, 0.1) is 18.3 Å². The molecule has 4 heteroatoms. The predicted octanol–water partition coefficient (Wildman–Crippen LogP) is 4.21. The van der Waals surface area contributed by atoms with Gasteiger partial charge in [-0.3, -0.25) is 4.90 Å². The number of likely N-dealkylation sites (tertiary alicyclic amines) is 1. The topological polar surface area (TPSA) is 39.1 Å². The molecule has 1 heterocycles. The van der Waals surface area contributed by atoms with Gasteiger partial charge in [-0.05, 0) is 42.7 Å². The Hall–Kier alpha value is -2.02. The van der Waals surface area contributed by atoms with Crippen molar-refractivity contribution < 1.29 is 0 Å². The van der Waals surface area contributed by atoms with E-state index in [0.717, 1.165) is 31.7 Å². The molecule has 1 atom stereocenters. The SMILES string of the molecule is Cc1ccccc1CN1CC[C@H](Nc2ccc(C#N)c(Cl)c2)C1. The van der Waals surface area contributed by atoms with Gasteiger partial charge in [0.15, 0.2) is 0 Å². The minimum absolute atomic E-state index is 0.419. The Morgan fingerprint density at radius 3 is 2.87 bits per heavy atom. The van der Waals surface area contributed by atoms with Crippen LogP contribution in [0.3, 0.4) is 0 Å². The van der Waals surface area contributed by atoms with E-state index in [0.29, 0.717) is 16.6 Å². The summed E-state index contributed by atoms with van der Waals surface area (Å²) in [5.41, 5.74) is 4.25. The molecular weight excluding hydrogens is 306 g/mol. The van der Waals surface area contributed by atoms with Crippen molar-refractivity contribution in [3.05, 3.63) is 64.2 Å². The molecule has 1 N–H and O–H groups in total. The third kappa shape index (κ3) is 3.85. The van der Waals surface area contributed by atoms with Crippen molar-refractivity contribution >= 4 is 17.3 Å². The van der Waals surface area contributed by atoms with Crippen LogP contribution in [0.2, 0.25) is 5.02 Å². The number of rotatable bonds is 4. The lowest BCUT2D eigenvalue weighted by Crippen LogP contribution is -2.26. The number of nitriles is 1. The fourth-order valence-electron chi connectivity index (χ4n) is 3.05. The summed E-state index contributed by atoms with van der Waals surface area (Å²) >= 11 is 6.10. The molecule has 0 bridgehead atoms. The second kappa shape index (κ2) is 7.04. The van der Waals surface area contributed by atoms with Gasteiger partial charge in [-0.2, -0.15) is 5.26 Å². The number of aryl methyl sites for hydroxylation is 1. The van der Waals surface area contributed by atoms with Crippen LogP contribution in [-0.4, -0.2) is 24.0 Å². The van der Waals surface area contributed by atoms with Gasteiger partial charge in [0, 0.05) is 31.4 Å². The van der Waals surface area contributed by atoms with Crippen LogP contribution in [0.25, 0.3) is 0 Å². The molecule has 23 heavy (non-hydrogen) atoms. The van der Waals surface area contributed by atoms with Crippen molar-refractivity contribution in [2.45, 2.75) is 25.9 Å². The van der Waals surface area contributed by atoms with Gasteiger partial charge in [0.25, 0.3) is 0 Å². The molecule has 1 saturated heterocycles. The summed E-state index contributed by atoms with van der Waals surface area (Å²) in [4.78, 5) is 2.48. The first kappa shape index (κ1) is 15.9. The number of anilines is 1. The van der Waals surface area contributed by atoms with Gasteiger partial charge in [0.1, 0.15) is 6.07 Å². The van der Waals surface area contributed by atoms with E-state index in [1.165, 1.54) is 11.1 Å². The summed E-state index contributed by atoms with van der Waals surface area (Å²) in [5, 5.41) is 13.0. The third-order valence-corrected chi connectivity index (χ3v) is 4.70. The van der Waals surface area contributed by atoms with Gasteiger partial charge >= 0.3 is 0 Å². The maximum Gasteiger partial charge on any atom is 0.101 e. The molecule has 2 aromatic rings.